The van der Waals surface area contributed by atoms with E-state index in [1.54, 1.807) is 13.8 Å². The van der Waals surface area contributed by atoms with Gasteiger partial charge in [0.05, 0.1) is 17.1 Å². The van der Waals surface area contributed by atoms with Crippen molar-refractivity contribution >= 4 is 25.7 Å². The molecule has 1 rings (SSSR count). The fourth-order valence-corrected chi connectivity index (χ4v) is 2.55. The van der Waals surface area contributed by atoms with E-state index in [2.05, 4.69) is 20.8 Å². The van der Waals surface area contributed by atoms with Crippen LogP contribution in [0.1, 0.15) is 48.7 Å². The van der Waals surface area contributed by atoms with Gasteiger partial charge in [-0.05, 0) is 48.9 Å². The van der Waals surface area contributed by atoms with Gasteiger partial charge in [0.2, 0.25) is 0 Å². The van der Waals surface area contributed by atoms with E-state index in [0.29, 0.717) is 17.7 Å². The Hall–Kier alpha value is -1.07. The molecule has 0 saturated carbocycles. The molecule has 0 N–H and O–H groups in total. The molecule has 4 nitrogen and oxygen atoms in total. The van der Waals surface area contributed by atoms with Gasteiger partial charge in [-0.15, -0.1) is 0 Å². The van der Waals surface area contributed by atoms with E-state index in [1.807, 2.05) is 0 Å². The van der Waals surface area contributed by atoms with Crippen LogP contribution in [0.4, 0.5) is 0 Å². The van der Waals surface area contributed by atoms with E-state index in [0.717, 1.165) is 6.42 Å². The maximum Gasteiger partial charge on any atom is 0.338 e. The summed E-state index contributed by atoms with van der Waals surface area (Å²) >= 11 is 0. The molecular formula is C15H21ClO4S. The Labute approximate surface area is 130 Å². The number of rotatable bonds is 4. The van der Waals surface area contributed by atoms with Crippen LogP contribution in [0.25, 0.3) is 0 Å². The van der Waals surface area contributed by atoms with Crippen molar-refractivity contribution in [2.75, 3.05) is 6.61 Å². The summed E-state index contributed by atoms with van der Waals surface area (Å²) in [6, 6.07) is 2.72. The molecule has 21 heavy (non-hydrogen) atoms. The predicted molar refractivity (Wildman–Crippen MR) is 83.3 cm³/mol. The second-order valence-electron chi connectivity index (χ2n) is 6.30. The Kier molecular flexibility index (Phi) is 5.45. The van der Waals surface area contributed by atoms with Crippen LogP contribution < -0.4 is 0 Å². The maximum atomic E-state index is 12.1. The summed E-state index contributed by atoms with van der Waals surface area (Å²) in [7, 11) is 1.47. The lowest BCUT2D eigenvalue weighted by molar-refractivity contribution is 0.0463. The highest BCUT2D eigenvalue weighted by Crippen LogP contribution is 2.24. The van der Waals surface area contributed by atoms with E-state index < -0.39 is 15.0 Å². The molecule has 0 fully saturated rings. The molecule has 0 aliphatic rings. The zero-order valence-electron chi connectivity index (χ0n) is 13.0. The summed E-state index contributed by atoms with van der Waals surface area (Å²) in [6.07, 6.45) is 0.726. The number of esters is 1. The fourth-order valence-electron chi connectivity index (χ4n) is 1.71. The second kappa shape index (κ2) is 6.36. The molecule has 0 spiro atoms. The highest BCUT2D eigenvalue weighted by molar-refractivity contribution is 8.13. The average molecular weight is 333 g/mol. The van der Waals surface area contributed by atoms with Crippen molar-refractivity contribution in [3.63, 3.8) is 0 Å². The zero-order chi connectivity index (χ0) is 16.4. The molecule has 0 amide bonds. The number of ether oxygens (including phenoxy) is 1. The summed E-state index contributed by atoms with van der Waals surface area (Å²) in [5.41, 5.74) is 1.68. The normalized spacial score (nSPS) is 12.3. The van der Waals surface area contributed by atoms with E-state index >= 15 is 0 Å². The summed E-state index contributed by atoms with van der Waals surface area (Å²) in [4.78, 5) is 12.0. The van der Waals surface area contributed by atoms with Crippen molar-refractivity contribution in [3.05, 3.63) is 28.8 Å². The molecule has 0 bridgehead atoms. The predicted octanol–water partition coefficient (Wildman–Crippen LogP) is 3.82. The standard InChI is InChI=1S/C15H21ClO4S/c1-10-8-12(21(16,18)19)9-13(11(10)2)14(17)20-7-6-15(3,4)5/h8-9H,6-7H2,1-5H3. The number of halogens is 1. The summed E-state index contributed by atoms with van der Waals surface area (Å²) in [5, 5.41) is 0. The van der Waals surface area contributed by atoms with Crippen molar-refractivity contribution in [3.8, 4) is 0 Å². The molecule has 0 saturated heterocycles. The summed E-state index contributed by atoms with van der Waals surface area (Å²) in [5.74, 6) is -0.526. The molecule has 1 aromatic rings. The van der Waals surface area contributed by atoms with E-state index in [9.17, 15) is 13.2 Å². The van der Waals surface area contributed by atoms with Crippen LogP contribution in [0.3, 0.4) is 0 Å². The van der Waals surface area contributed by atoms with Crippen LogP contribution in [0.2, 0.25) is 0 Å². The third-order valence-electron chi connectivity index (χ3n) is 3.23. The van der Waals surface area contributed by atoms with Gasteiger partial charge in [0.1, 0.15) is 0 Å². The number of carbonyl (C=O) groups excluding carboxylic acids is 1. The van der Waals surface area contributed by atoms with Crippen molar-refractivity contribution in [2.24, 2.45) is 5.41 Å². The first-order valence-corrected chi connectivity index (χ1v) is 8.96. The van der Waals surface area contributed by atoms with Crippen molar-refractivity contribution in [2.45, 2.75) is 45.9 Å². The third-order valence-corrected chi connectivity index (χ3v) is 4.56. The number of hydrogen-bond acceptors (Lipinski definition) is 4. The van der Waals surface area contributed by atoms with Crippen LogP contribution >= 0.6 is 10.7 Å². The monoisotopic (exact) mass is 332 g/mol. The van der Waals surface area contributed by atoms with Gasteiger partial charge in [0.25, 0.3) is 9.05 Å². The van der Waals surface area contributed by atoms with E-state index in [1.165, 1.54) is 12.1 Å². The minimum absolute atomic E-state index is 0.0621. The van der Waals surface area contributed by atoms with Crippen molar-refractivity contribution < 1.29 is 17.9 Å². The lowest BCUT2D eigenvalue weighted by atomic mass is 9.93. The zero-order valence-corrected chi connectivity index (χ0v) is 14.6. The van der Waals surface area contributed by atoms with Gasteiger partial charge in [-0.2, -0.15) is 0 Å². The van der Waals surface area contributed by atoms with Crippen LogP contribution in [-0.2, 0) is 13.8 Å². The van der Waals surface area contributed by atoms with Crippen LogP contribution in [0.5, 0.6) is 0 Å². The quantitative estimate of drug-likeness (QED) is 0.621. The maximum absolute atomic E-state index is 12.1. The first-order chi connectivity index (χ1) is 9.42. The smallest absolute Gasteiger partial charge is 0.338 e. The Balaban J connectivity index is 3.02. The molecule has 0 radical (unpaired) electrons. The largest absolute Gasteiger partial charge is 0.462 e. The van der Waals surface area contributed by atoms with Gasteiger partial charge in [-0.3, -0.25) is 0 Å². The van der Waals surface area contributed by atoms with Crippen LogP contribution in [0.15, 0.2) is 17.0 Å². The lowest BCUT2D eigenvalue weighted by Crippen LogP contribution is -2.14. The second-order valence-corrected chi connectivity index (χ2v) is 8.86. The minimum atomic E-state index is -3.88. The van der Waals surface area contributed by atoms with Gasteiger partial charge in [0.15, 0.2) is 0 Å². The van der Waals surface area contributed by atoms with Gasteiger partial charge >= 0.3 is 5.97 Å². The molecule has 0 aromatic heterocycles. The fraction of sp³-hybridized carbons (Fsp3) is 0.533. The Bertz CT molecular complexity index is 642. The molecule has 0 unspecified atom stereocenters. The SMILES string of the molecule is Cc1cc(S(=O)(=O)Cl)cc(C(=O)OCCC(C)(C)C)c1C. The molecule has 0 atom stereocenters. The van der Waals surface area contributed by atoms with E-state index in [4.69, 9.17) is 15.4 Å². The number of aryl methyl sites for hydroxylation is 1. The molecule has 118 valence electrons. The first kappa shape index (κ1) is 18.0. The van der Waals surface area contributed by atoms with Gasteiger partial charge in [-0.25, -0.2) is 13.2 Å². The molecule has 1 aromatic carbocycles. The highest BCUT2D eigenvalue weighted by Gasteiger charge is 2.19. The Morgan fingerprint density at radius 2 is 1.81 bits per heavy atom. The van der Waals surface area contributed by atoms with Crippen molar-refractivity contribution in [1.29, 1.82) is 0 Å². The number of benzene rings is 1. The van der Waals surface area contributed by atoms with Crippen LogP contribution in [-0.4, -0.2) is 21.0 Å². The Morgan fingerprint density at radius 3 is 2.29 bits per heavy atom. The van der Waals surface area contributed by atoms with Gasteiger partial charge < -0.3 is 4.74 Å². The minimum Gasteiger partial charge on any atom is -0.462 e. The molecule has 0 aliphatic heterocycles. The first-order valence-electron chi connectivity index (χ1n) is 6.65. The molecule has 0 heterocycles. The van der Waals surface area contributed by atoms with Gasteiger partial charge in [-0.1, -0.05) is 20.8 Å². The number of hydrogen-bond donors (Lipinski definition) is 0. The molecule has 0 aliphatic carbocycles. The summed E-state index contributed by atoms with van der Waals surface area (Å²) in [6.45, 7) is 9.93. The number of carbonyl (C=O) groups is 1. The van der Waals surface area contributed by atoms with E-state index in [-0.39, 0.29) is 15.9 Å². The molecular weight excluding hydrogens is 312 g/mol. The topological polar surface area (TPSA) is 60.4 Å². The van der Waals surface area contributed by atoms with Crippen molar-refractivity contribution in [1.82, 2.24) is 0 Å². The Morgan fingerprint density at radius 1 is 1.24 bits per heavy atom. The van der Waals surface area contributed by atoms with Gasteiger partial charge in [0, 0.05) is 10.7 Å². The lowest BCUT2D eigenvalue weighted by Gasteiger charge is -2.18. The van der Waals surface area contributed by atoms with Crippen LogP contribution in [0, 0.1) is 19.3 Å². The average Bonchev–Trinajstić information content (AvgIpc) is 2.29. The highest BCUT2D eigenvalue weighted by atomic mass is 35.7. The summed E-state index contributed by atoms with van der Waals surface area (Å²) < 4.78 is 28.1. The third kappa shape index (κ3) is 5.32. The molecule has 6 heteroatoms.